The van der Waals surface area contributed by atoms with Gasteiger partial charge in [0.1, 0.15) is 0 Å². The molecule has 1 aliphatic rings. The first-order valence-electron chi connectivity index (χ1n) is 5.38. The molecule has 13 heavy (non-hydrogen) atoms. The second kappa shape index (κ2) is 4.43. The summed E-state index contributed by atoms with van der Waals surface area (Å²) >= 11 is 0. The van der Waals surface area contributed by atoms with Crippen LogP contribution < -0.4 is 5.73 Å². The van der Waals surface area contributed by atoms with Crippen LogP contribution in [0, 0.1) is 5.92 Å². The van der Waals surface area contributed by atoms with Crippen molar-refractivity contribution in [2.75, 3.05) is 6.61 Å². The highest BCUT2D eigenvalue weighted by Gasteiger charge is 2.27. The predicted octanol–water partition coefficient (Wildman–Crippen LogP) is 2.32. The van der Waals surface area contributed by atoms with E-state index in [0.717, 1.165) is 25.4 Å². The number of hydrogen-bond donors (Lipinski definition) is 1. The lowest BCUT2D eigenvalue weighted by molar-refractivity contribution is -0.00523. The normalized spacial score (nSPS) is 20.3. The quantitative estimate of drug-likeness (QED) is 0.667. The van der Waals surface area contributed by atoms with Gasteiger partial charge < -0.3 is 10.5 Å². The monoisotopic (exact) mass is 185 g/mol. The molecule has 0 heterocycles. The van der Waals surface area contributed by atoms with Crippen molar-refractivity contribution in [1.82, 2.24) is 0 Å². The Bertz CT molecular complexity index is 147. The number of ether oxygens (including phenoxy) is 1. The predicted molar refractivity (Wildman–Crippen MR) is 55.6 cm³/mol. The molecule has 1 unspecified atom stereocenters. The molecule has 0 amide bonds. The van der Waals surface area contributed by atoms with Crippen molar-refractivity contribution in [2.45, 2.75) is 58.1 Å². The molecule has 0 saturated heterocycles. The Hall–Kier alpha value is -0.0800. The SMILES string of the molecule is CC(C)(C)OCCCC(N)C1CC1. The molecule has 1 saturated carbocycles. The van der Waals surface area contributed by atoms with Crippen LogP contribution in [0.4, 0.5) is 0 Å². The van der Waals surface area contributed by atoms with Crippen molar-refractivity contribution >= 4 is 0 Å². The highest BCUT2D eigenvalue weighted by Crippen LogP contribution is 2.33. The van der Waals surface area contributed by atoms with Gasteiger partial charge in [0.15, 0.2) is 0 Å². The molecule has 2 N–H and O–H groups in total. The summed E-state index contributed by atoms with van der Waals surface area (Å²) in [4.78, 5) is 0. The van der Waals surface area contributed by atoms with Crippen LogP contribution in [0.25, 0.3) is 0 Å². The molecule has 1 aliphatic carbocycles. The summed E-state index contributed by atoms with van der Waals surface area (Å²) in [6.07, 6.45) is 4.93. The van der Waals surface area contributed by atoms with E-state index in [9.17, 15) is 0 Å². The molecule has 0 aromatic rings. The topological polar surface area (TPSA) is 35.2 Å². The van der Waals surface area contributed by atoms with Crippen LogP contribution in [-0.2, 0) is 4.74 Å². The first kappa shape index (κ1) is 11.0. The third-order valence-corrected chi connectivity index (χ3v) is 2.44. The first-order chi connectivity index (χ1) is 5.99. The lowest BCUT2D eigenvalue weighted by atomic mass is 10.1. The van der Waals surface area contributed by atoms with E-state index < -0.39 is 0 Å². The van der Waals surface area contributed by atoms with Crippen LogP contribution in [0.1, 0.15) is 46.5 Å². The zero-order valence-electron chi connectivity index (χ0n) is 9.18. The van der Waals surface area contributed by atoms with Gasteiger partial charge in [0.2, 0.25) is 0 Å². The molecule has 0 aliphatic heterocycles. The van der Waals surface area contributed by atoms with Crippen LogP contribution in [0.15, 0.2) is 0 Å². The summed E-state index contributed by atoms with van der Waals surface area (Å²) in [6.45, 7) is 7.12. The third kappa shape index (κ3) is 5.27. The molecule has 78 valence electrons. The third-order valence-electron chi connectivity index (χ3n) is 2.44. The fourth-order valence-corrected chi connectivity index (χ4v) is 1.46. The lowest BCUT2D eigenvalue weighted by Crippen LogP contribution is -2.24. The molecule has 0 aromatic heterocycles. The maximum Gasteiger partial charge on any atom is 0.0598 e. The van der Waals surface area contributed by atoms with Crippen LogP contribution in [0.5, 0.6) is 0 Å². The number of rotatable bonds is 5. The highest BCUT2D eigenvalue weighted by molar-refractivity contribution is 4.83. The van der Waals surface area contributed by atoms with Gasteiger partial charge in [-0.2, -0.15) is 0 Å². The molecule has 2 nitrogen and oxygen atoms in total. The highest BCUT2D eigenvalue weighted by atomic mass is 16.5. The molecule has 0 aromatic carbocycles. The van der Waals surface area contributed by atoms with Crippen LogP contribution >= 0.6 is 0 Å². The van der Waals surface area contributed by atoms with Gasteiger partial charge in [0, 0.05) is 12.6 Å². The van der Waals surface area contributed by atoms with Crippen molar-refractivity contribution in [3.63, 3.8) is 0 Å². The summed E-state index contributed by atoms with van der Waals surface area (Å²) in [5.41, 5.74) is 5.98. The molecule has 1 rings (SSSR count). The molecule has 0 spiro atoms. The molecular formula is C11H23NO. The Balaban J connectivity index is 1.94. The second-order valence-corrected chi connectivity index (χ2v) is 5.10. The first-order valence-corrected chi connectivity index (χ1v) is 5.38. The fraction of sp³-hybridized carbons (Fsp3) is 1.00. The van der Waals surface area contributed by atoms with E-state index >= 15 is 0 Å². The fourth-order valence-electron chi connectivity index (χ4n) is 1.46. The molecule has 0 radical (unpaired) electrons. The van der Waals surface area contributed by atoms with Gasteiger partial charge in [0.05, 0.1) is 5.60 Å². The van der Waals surface area contributed by atoms with Crippen LogP contribution in [0.3, 0.4) is 0 Å². The Labute approximate surface area is 81.8 Å². The molecule has 1 fully saturated rings. The lowest BCUT2D eigenvalue weighted by Gasteiger charge is -2.20. The minimum Gasteiger partial charge on any atom is -0.376 e. The van der Waals surface area contributed by atoms with Crippen molar-refractivity contribution in [1.29, 1.82) is 0 Å². The second-order valence-electron chi connectivity index (χ2n) is 5.10. The summed E-state index contributed by atoms with van der Waals surface area (Å²) in [6, 6.07) is 0.434. The average molecular weight is 185 g/mol. The number of nitrogens with two attached hydrogens (primary N) is 1. The zero-order chi connectivity index (χ0) is 9.90. The van der Waals surface area contributed by atoms with Crippen molar-refractivity contribution in [3.05, 3.63) is 0 Å². The Morgan fingerprint density at radius 3 is 2.46 bits per heavy atom. The summed E-state index contributed by atoms with van der Waals surface area (Å²) < 4.78 is 5.62. The van der Waals surface area contributed by atoms with Gasteiger partial charge in [-0.25, -0.2) is 0 Å². The van der Waals surface area contributed by atoms with Gasteiger partial charge in [-0.1, -0.05) is 0 Å². The Morgan fingerprint density at radius 2 is 2.00 bits per heavy atom. The Morgan fingerprint density at radius 1 is 1.38 bits per heavy atom. The van der Waals surface area contributed by atoms with E-state index in [1.807, 2.05) is 0 Å². The molecule has 1 atom stereocenters. The van der Waals surface area contributed by atoms with E-state index in [-0.39, 0.29) is 5.60 Å². The largest absolute Gasteiger partial charge is 0.376 e. The van der Waals surface area contributed by atoms with E-state index in [2.05, 4.69) is 20.8 Å². The van der Waals surface area contributed by atoms with Gasteiger partial charge in [0.25, 0.3) is 0 Å². The van der Waals surface area contributed by atoms with E-state index in [4.69, 9.17) is 10.5 Å². The van der Waals surface area contributed by atoms with Gasteiger partial charge in [-0.05, 0) is 52.4 Å². The van der Waals surface area contributed by atoms with Crippen LogP contribution in [-0.4, -0.2) is 18.2 Å². The minimum atomic E-state index is 0.00365. The molecule has 0 bridgehead atoms. The Kier molecular flexibility index (Phi) is 3.74. The van der Waals surface area contributed by atoms with Crippen molar-refractivity contribution < 1.29 is 4.74 Å². The minimum absolute atomic E-state index is 0.00365. The standard InChI is InChI=1S/C11H23NO/c1-11(2,3)13-8-4-5-10(12)9-6-7-9/h9-10H,4-8,12H2,1-3H3. The maximum absolute atomic E-state index is 5.97. The van der Waals surface area contributed by atoms with Gasteiger partial charge in [-0.15, -0.1) is 0 Å². The summed E-state index contributed by atoms with van der Waals surface area (Å²) in [7, 11) is 0. The van der Waals surface area contributed by atoms with Crippen molar-refractivity contribution in [3.8, 4) is 0 Å². The van der Waals surface area contributed by atoms with Gasteiger partial charge in [-0.3, -0.25) is 0 Å². The van der Waals surface area contributed by atoms with Crippen molar-refractivity contribution in [2.24, 2.45) is 11.7 Å². The summed E-state index contributed by atoms with van der Waals surface area (Å²) in [5.74, 6) is 0.828. The maximum atomic E-state index is 5.97. The van der Waals surface area contributed by atoms with E-state index in [1.54, 1.807) is 0 Å². The van der Waals surface area contributed by atoms with Gasteiger partial charge >= 0.3 is 0 Å². The van der Waals surface area contributed by atoms with E-state index in [1.165, 1.54) is 12.8 Å². The summed E-state index contributed by atoms with van der Waals surface area (Å²) in [5, 5.41) is 0. The molecule has 2 heteroatoms. The molecular weight excluding hydrogens is 162 g/mol. The average Bonchev–Trinajstić information content (AvgIpc) is 2.77. The number of hydrogen-bond acceptors (Lipinski definition) is 2. The van der Waals surface area contributed by atoms with Crippen LogP contribution in [0.2, 0.25) is 0 Å². The zero-order valence-corrected chi connectivity index (χ0v) is 9.18. The van der Waals surface area contributed by atoms with E-state index in [0.29, 0.717) is 6.04 Å². The smallest absolute Gasteiger partial charge is 0.0598 e.